The molecule has 22 heavy (non-hydrogen) atoms. The highest BCUT2D eigenvalue weighted by Crippen LogP contribution is 2.23. The first kappa shape index (κ1) is 16.2. The lowest BCUT2D eigenvalue weighted by molar-refractivity contribution is 0.0951. The highest BCUT2D eigenvalue weighted by Gasteiger charge is 2.11. The lowest BCUT2D eigenvalue weighted by atomic mass is 10.1. The Labute approximate surface area is 135 Å². The van der Waals surface area contributed by atoms with Gasteiger partial charge in [-0.05, 0) is 42.3 Å². The summed E-state index contributed by atoms with van der Waals surface area (Å²) in [5.74, 6) is 1.15. The molecule has 0 heterocycles. The molecule has 0 aromatic heterocycles. The molecule has 2 aromatic carbocycles. The van der Waals surface area contributed by atoms with Gasteiger partial charge in [0.05, 0.1) is 19.8 Å². The number of ether oxygens (including phenoxy) is 2. The van der Waals surface area contributed by atoms with Gasteiger partial charge in [0, 0.05) is 11.6 Å². The molecule has 1 N–H and O–H groups in total. The van der Waals surface area contributed by atoms with Gasteiger partial charge in [0.25, 0.3) is 5.91 Å². The molecule has 0 unspecified atom stereocenters. The minimum Gasteiger partial charge on any atom is -0.496 e. The largest absolute Gasteiger partial charge is 0.496 e. The predicted molar refractivity (Wildman–Crippen MR) is 87.0 cm³/mol. The number of rotatable bonds is 6. The van der Waals surface area contributed by atoms with E-state index in [4.69, 9.17) is 21.1 Å². The summed E-state index contributed by atoms with van der Waals surface area (Å²) in [7, 11) is 3.16. The van der Waals surface area contributed by atoms with Crippen LogP contribution in [0.3, 0.4) is 0 Å². The Bertz CT molecular complexity index is 658. The molecule has 2 aromatic rings. The first-order valence-electron chi connectivity index (χ1n) is 6.89. The highest BCUT2D eigenvalue weighted by molar-refractivity contribution is 6.30. The normalized spacial score (nSPS) is 10.1. The summed E-state index contributed by atoms with van der Waals surface area (Å²) in [4.78, 5) is 12.2. The second kappa shape index (κ2) is 7.71. The van der Waals surface area contributed by atoms with Crippen LogP contribution in [0.25, 0.3) is 0 Å². The fourth-order valence-corrected chi connectivity index (χ4v) is 2.38. The van der Waals surface area contributed by atoms with Crippen molar-refractivity contribution in [2.45, 2.75) is 6.42 Å². The Hall–Kier alpha value is -2.20. The zero-order chi connectivity index (χ0) is 15.9. The minimum atomic E-state index is -0.168. The number of hydrogen-bond acceptors (Lipinski definition) is 3. The molecule has 0 spiro atoms. The van der Waals surface area contributed by atoms with E-state index in [1.165, 1.54) is 0 Å². The molecule has 0 bridgehead atoms. The van der Waals surface area contributed by atoms with Crippen molar-refractivity contribution in [1.29, 1.82) is 0 Å². The molecular weight excluding hydrogens is 302 g/mol. The number of methoxy groups -OCH3 is 2. The Morgan fingerprint density at radius 3 is 2.55 bits per heavy atom. The number of halogens is 1. The van der Waals surface area contributed by atoms with E-state index in [1.54, 1.807) is 38.5 Å². The third-order valence-corrected chi connectivity index (χ3v) is 3.51. The standard InChI is InChI=1S/C17H18ClNO3/c1-21-15-8-7-13(18)11-12(15)9-10-19-17(20)14-5-3-4-6-16(14)22-2/h3-8,11H,9-10H2,1-2H3,(H,19,20). The van der Waals surface area contributed by atoms with Gasteiger partial charge in [-0.25, -0.2) is 0 Å². The van der Waals surface area contributed by atoms with Gasteiger partial charge in [-0.3, -0.25) is 4.79 Å². The quantitative estimate of drug-likeness (QED) is 0.888. The smallest absolute Gasteiger partial charge is 0.255 e. The zero-order valence-corrected chi connectivity index (χ0v) is 13.3. The van der Waals surface area contributed by atoms with Crippen LogP contribution >= 0.6 is 11.6 Å². The van der Waals surface area contributed by atoms with Crippen LogP contribution in [0.4, 0.5) is 0 Å². The van der Waals surface area contributed by atoms with Crippen molar-refractivity contribution in [2.24, 2.45) is 0 Å². The van der Waals surface area contributed by atoms with Gasteiger partial charge in [0.1, 0.15) is 11.5 Å². The molecule has 5 heteroatoms. The van der Waals surface area contributed by atoms with Crippen molar-refractivity contribution in [1.82, 2.24) is 5.32 Å². The molecule has 4 nitrogen and oxygen atoms in total. The molecule has 0 fully saturated rings. The summed E-state index contributed by atoms with van der Waals surface area (Å²) in [6, 6.07) is 12.6. The summed E-state index contributed by atoms with van der Waals surface area (Å²) in [5.41, 5.74) is 1.47. The third-order valence-electron chi connectivity index (χ3n) is 3.27. The van der Waals surface area contributed by atoms with Crippen molar-refractivity contribution in [3.05, 3.63) is 58.6 Å². The number of carbonyl (C=O) groups excluding carboxylic acids is 1. The van der Waals surface area contributed by atoms with E-state index >= 15 is 0 Å². The van der Waals surface area contributed by atoms with Crippen LogP contribution in [0.5, 0.6) is 11.5 Å². The highest BCUT2D eigenvalue weighted by atomic mass is 35.5. The maximum Gasteiger partial charge on any atom is 0.255 e. The molecule has 0 atom stereocenters. The van der Waals surface area contributed by atoms with Gasteiger partial charge in [-0.15, -0.1) is 0 Å². The lowest BCUT2D eigenvalue weighted by Crippen LogP contribution is -2.26. The molecule has 0 saturated carbocycles. The SMILES string of the molecule is COc1ccc(Cl)cc1CCNC(=O)c1ccccc1OC. The van der Waals surface area contributed by atoms with E-state index in [0.717, 1.165) is 11.3 Å². The van der Waals surface area contributed by atoms with Crippen LogP contribution in [-0.2, 0) is 6.42 Å². The molecular formula is C17H18ClNO3. The van der Waals surface area contributed by atoms with Crippen molar-refractivity contribution in [2.75, 3.05) is 20.8 Å². The Balaban J connectivity index is 1.99. The fraction of sp³-hybridized carbons (Fsp3) is 0.235. The van der Waals surface area contributed by atoms with Crippen LogP contribution in [0.2, 0.25) is 5.02 Å². The Morgan fingerprint density at radius 2 is 1.82 bits per heavy atom. The van der Waals surface area contributed by atoms with E-state index < -0.39 is 0 Å². The Morgan fingerprint density at radius 1 is 1.09 bits per heavy atom. The zero-order valence-electron chi connectivity index (χ0n) is 12.6. The van der Waals surface area contributed by atoms with E-state index in [0.29, 0.717) is 29.3 Å². The average Bonchev–Trinajstić information content (AvgIpc) is 2.55. The minimum absolute atomic E-state index is 0.168. The third kappa shape index (κ3) is 3.92. The number of benzene rings is 2. The summed E-state index contributed by atoms with van der Waals surface area (Å²) in [6.07, 6.45) is 0.630. The monoisotopic (exact) mass is 319 g/mol. The molecule has 0 saturated heterocycles. The molecule has 116 valence electrons. The first-order chi connectivity index (χ1) is 10.7. The van der Waals surface area contributed by atoms with Gasteiger partial charge in [-0.1, -0.05) is 23.7 Å². The van der Waals surface area contributed by atoms with Crippen molar-refractivity contribution < 1.29 is 14.3 Å². The number of nitrogens with one attached hydrogen (secondary N) is 1. The maximum atomic E-state index is 12.2. The second-order valence-corrected chi connectivity index (χ2v) is 5.10. The van der Waals surface area contributed by atoms with E-state index in [9.17, 15) is 4.79 Å². The Kier molecular flexibility index (Phi) is 5.67. The summed E-state index contributed by atoms with van der Waals surface area (Å²) in [5, 5.41) is 3.52. The van der Waals surface area contributed by atoms with Crippen LogP contribution < -0.4 is 14.8 Å². The van der Waals surface area contributed by atoms with E-state index in [2.05, 4.69) is 5.32 Å². The van der Waals surface area contributed by atoms with Crippen LogP contribution in [0.15, 0.2) is 42.5 Å². The average molecular weight is 320 g/mol. The number of hydrogen-bond donors (Lipinski definition) is 1. The van der Waals surface area contributed by atoms with Gasteiger partial charge in [0.2, 0.25) is 0 Å². The van der Waals surface area contributed by atoms with Crippen LogP contribution in [0, 0.1) is 0 Å². The topological polar surface area (TPSA) is 47.6 Å². The summed E-state index contributed by atoms with van der Waals surface area (Å²) in [6.45, 7) is 0.480. The van der Waals surface area contributed by atoms with Crippen molar-refractivity contribution >= 4 is 17.5 Å². The van der Waals surface area contributed by atoms with Crippen molar-refractivity contribution in [3.8, 4) is 11.5 Å². The van der Waals surface area contributed by atoms with Gasteiger partial charge >= 0.3 is 0 Å². The summed E-state index contributed by atoms with van der Waals surface area (Å²) < 4.78 is 10.5. The molecule has 2 rings (SSSR count). The molecule has 0 radical (unpaired) electrons. The fourth-order valence-electron chi connectivity index (χ4n) is 2.18. The van der Waals surface area contributed by atoms with Gasteiger partial charge in [-0.2, -0.15) is 0 Å². The van der Waals surface area contributed by atoms with E-state index in [-0.39, 0.29) is 5.91 Å². The van der Waals surface area contributed by atoms with Gasteiger partial charge < -0.3 is 14.8 Å². The maximum absolute atomic E-state index is 12.2. The number of carbonyl (C=O) groups is 1. The second-order valence-electron chi connectivity index (χ2n) is 4.66. The van der Waals surface area contributed by atoms with Crippen LogP contribution in [-0.4, -0.2) is 26.7 Å². The molecule has 0 aliphatic heterocycles. The number of amides is 1. The van der Waals surface area contributed by atoms with E-state index in [1.807, 2.05) is 18.2 Å². The lowest BCUT2D eigenvalue weighted by Gasteiger charge is -2.11. The number of para-hydroxylation sites is 1. The molecule has 0 aliphatic rings. The van der Waals surface area contributed by atoms with Crippen molar-refractivity contribution in [3.63, 3.8) is 0 Å². The first-order valence-corrected chi connectivity index (χ1v) is 7.27. The summed E-state index contributed by atoms with van der Waals surface area (Å²) >= 11 is 5.99. The molecule has 0 aliphatic carbocycles. The predicted octanol–water partition coefficient (Wildman–Crippen LogP) is 3.33. The molecule has 1 amide bonds. The van der Waals surface area contributed by atoms with Gasteiger partial charge in [0.15, 0.2) is 0 Å². The van der Waals surface area contributed by atoms with Crippen LogP contribution in [0.1, 0.15) is 15.9 Å².